The number of nitrogens with zero attached hydrogens (tertiary/aromatic N) is 3. The van der Waals surface area contributed by atoms with Gasteiger partial charge in [-0.25, -0.2) is 4.98 Å². The molecule has 2 aliphatic carbocycles. The molecule has 1 saturated carbocycles. The average molecular weight is 348 g/mol. The van der Waals surface area contributed by atoms with E-state index >= 15 is 0 Å². The van der Waals surface area contributed by atoms with E-state index in [4.69, 9.17) is 4.98 Å². The molecule has 2 fully saturated rings. The number of hydrogen-bond acceptors (Lipinski definition) is 4. The Morgan fingerprint density at radius 3 is 2.79 bits per heavy atom. The third-order valence-corrected chi connectivity index (χ3v) is 7.28. The Morgan fingerprint density at radius 1 is 1.17 bits per heavy atom. The highest BCUT2D eigenvalue weighted by Crippen LogP contribution is 2.40. The lowest BCUT2D eigenvalue weighted by Gasteiger charge is -2.50. The average Bonchev–Trinajstić information content (AvgIpc) is 2.93. The molecule has 0 spiro atoms. The molecule has 5 heteroatoms. The Kier molecular flexibility index (Phi) is 4.65. The van der Waals surface area contributed by atoms with Gasteiger partial charge >= 0.3 is 0 Å². The summed E-state index contributed by atoms with van der Waals surface area (Å²) < 4.78 is 0. The predicted octanol–water partition coefficient (Wildman–Crippen LogP) is 3.90. The van der Waals surface area contributed by atoms with Crippen molar-refractivity contribution >= 4 is 17.2 Å². The molecule has 0 bridgehead atoms. The number of thiazole rings is 1. The molecule has 132 valence electrons. The van der Waals surface area contributed by atoms with Crippen molar-refractivity contribution in [2.75, 3.05) is 13.7 Å². The number of rotatable bonds is 3. The van der Waals surface area contributed by atoms with Crippen LogP contribution < -0.4 is 0 Å². The second-order valence-corrected chi connectivity index (χ2v) is 9.06. The largest absolute Gasteiger partial charge is 0.326 e. The first-order chi connectivity index (χ1) is 11.6. The van der Waals surface area contributed by atoms with Crippen LogP contribution in [0.15, 0.2) is 0 Å². The van der Waals surface area contributed by atoms with Gasteiger partial charge in [-0.15, -0.1) is 11.3 Å². The smallest absolute Gasteiger partial charge is 0.229 e. The van der Waals surface area contributed by atoms with E-state index in [1.807, 2.05) is 11.3 Å². The van der Waals surface area contributed by atoms with Gasteiger partial charge < -0.3 is 4.90 Å². The van der Waals surface area contributed by atoms with Gasteiger partial charge in [0.25, 0.3) is 0 Å². The summed E-state index contributed by atoms with van der Waals surface area (Å²) in [6.45, 7) is 2.90. The molecular weight excluding hydrogens is 318 g/mol. The lowest BCUT2D eigenvalue weighted by molar-refractivity contribution is -0.162. The molecule has 1 aromatic rings. The molecule has 3 aliphatic rings. The van der Waals surface area contributed by atoms with Crippen LogP contribution in [0.5, 0.6) is 0 Å². The van der Waals surface area contributed by atoms with Gasteiger partial charge in [0, 0.05) is 17.0 Å². The van der Waals surface area contributed by atoms with Crippen molar-refractivity contribution in [1.82, 2.24) is 14.8 Å². The fraction of sp³-hybridized carbons (Fsp3) is 0.789. The lowest BCUT2D eigenvalue weighted by atomic mass is 9.78. The van der Waals surface area contributed by atoms with E-state index in [2.05, 4.69) is 23.8 Å². The summed E-state index contributed by atoms with van der Waals surface area (Å²) in [5, 5.41) is 1.18. The molecule has 1 aromatic heterocycles. The van der Waals surface area contributed by atoms with Crippen molar-refractivity contribution in [3.05, 3.63) is 15.6 Å². The van der Waals surface area contributed by atoms with E-state index in [0.717, 1.165) is 19.5 Å². The molecule has 3 atom stereocenters. The minimum atomic E-state index is 0.325. The number of β-lactam (4-membered cyclic amide) rings is 1. The van der Waals surface area contributed by atoms with Crippen molar-refractivity contribution in [3.8, 4) is 0 Å². The van der Waals surface area contributed by atoms with Crippen LogP contribution in [0.25, 0.3) is 0 Å². The molecule has 24 heavy (non-hydrogen) atoms. The van der Waals surface area contributed by atoms with Gasteiger partial charge in [0.2, 0.25) is 5.91 Å². The number of aromatic nitrogens is 1. The number of carbonyl (C=O) groups is 1. The zero-order valence-electron chi connectivity index (χ0n) is 15.0. The van der Waals surface area contributed by atoms with Crippen LogP contribution in [0.3, 0.4) is 0 Å². The molecule has 4 rings (SSSR count). The zero-order valence-corrected chi connectivity index (χ0v) is 15.8. The SMILES string of the molecule is Cc1nc2c(s1)[C@H](N(C)CN1C(=O)[C@@H]3CCCCCC[C@H]31)CCC2. The molecule has 0 aromatic carbocycles. The van der Waals surface area contributed by atoms with E-state index < -0.39 is 0 Å². The number of aryl methyl sites for hydroxylation is 2. The summed E-state index contributed by atoms with van der Waals surface area (Å²) >= 11 is 1.85. The summed E-state index contributed by atoms with van der Waals surface area (Å²) in [6, 6.07) is 0.951. The van der Waals surface area contributed by atoms with Crippen LogP contribution in [-0.2, 0) is 11.2 Å². The third kappa shape index (κ3) is 2.90. The van der Waals surface area contributed by atoms with E-state index in [1.165, 1.54) is 60.5 Å². The summed E-state index contributed by atoms with van der Waals surface area (Å²) in [4.78, 5) is 23.3. The summed E-state index contributed by atoms with van der Waals surface area (Å²) in [5.41, 5.74) is 1.30. The Labute approximate surface area is 149 Å². The summed E-state index contributed by atoms with van der Waals surface area (Å²) in [5.74, 6) is 0.733. The molecule has 0 radical (unpaired) electrons. The normalized spacial score (nSPS) is 30.4. The monoisotopic (exact) mass is 347 g/mol. The molecule has 1 amide bonds. The van der Waals surface area contributed by atoms with Crippen LogP contribution in [0.2, 0.25) is 0 Å². The van der Waals surface area contributed by atoms with Crippen molar-refractivity contribution in [1.29, 1.82) is 0 Å². The summed E-state index contributed by atoms with van der Waals surface area (Å²) in [6.07, 6.45) is 11.0. The Hall–Kier alpha value is -0.940. The molecule has 4 nitrogen and oxygen atoms in total. The first kappa shape index (κ1) is 16.5. The van der Waals surface area contributed by atoms with Crippen LogP contribution in [0, 0.1) is 12.8 Å². The highest BCUT2D eigenvalue weighted by molar-refractivity contribution is 7.11. The van der Waals surface area contributed by atoms with E-state index in [9.17, 15) is 4.79 Å². The maximum absolute atomic E-state index is 12.6. The maximum atomic E-state index is 12.6. The minimum absolute atomic E-state index is 0.325. The fourth-order valence-electron chi connectivity index (χ4n) is 4.87. The fourth-order valence-corrected chi connectivity index (χ4v) is 6.05. The van der Waals surface area contributed by atoms with Crippen LogP contribution >= 0.6 is 11.3 Å². The van der Waals surface area contributed by atoms with Crippen molar-refractivity contribution in [2.45, 2.75) is 76.8 Å². The van der Waals surface area contributed by atoms with Crippen molar-refractivity contribution in [3.63, 3.8) is 0 Å². The third-order valence-electron chi connectivity index (χ3n) is 6.17. The molecule has 0 unspecified atom stereocenters. The molecule has 1 saturated heterocycles. The summed E-state index contributed by atoms with van der Waals surface area (Å²) in [7, 11) is 2.19. The molecule has 2 heterocycles. The van der Waals surface area contributed by atoms with Gasteiger partial charge in [0.15, 0.2) is 0 Å². The number of carbonyl (C=O) groups excluding carboxylic acids is 1. The number of amides is 1. The Balaban J connectivity index is 1.44. The number of hydrogen-bond donors (Lipinski definition) is 0. The van der Waals surface area contributed by atoms with E-state index in [0.29, 0.717) is 23.9 Å². The minimum Gasteiger partial charge on any atom is -0.326 e. The van der Waals surface area contributed by atoms with E-state index in [-0.39, 0.29) is 0 Å². The molecule has 1 aliphatic heterocycles. The van der Waals surface area contributed by atoms with Gasteiger partial charge in [-0.05, 0) is 46.1 Å². The first-order valence-electron chi connectivity index (χ1n) is 9.62. The molecular formula is C19H29N3OS. The Morgan fingerprint density at radius 2 is 1.96 bits per heavy atom. The highest BCUT2D eigenvalue weighted by atomic mass is 32.1. The highest BCUT2D eigenvalue weighted by Gasteiger charge is 2.47. The number of likely N-dealkylation sites (tertiary alicyclic amines) is 1. The Bertz CT molecular complexity index is 614. The maximum Gasteiger partial charge on any atom is 0.229 e. The standard InChI is InChI=1S/C19H29N3OS/c1-13-20-15-9-7-11-17(18(15)24-13)21(2)12-22-16-10-6-4-3-5-8-14(16)19(22)23/h14,16-17H,3-12H2,1-2H3/t14-,16-,17-/m1/s1. The second-order valence-electron chi connectivity index (χ2n) is 7.82. The van der Waals surface area contributed by atoms with Crippen LogP contribution in [0.1, 0.15) is 73.0 Å². The topological polar surface area (TPSA) is 36.4 Å². The van der Waals surface area contributed by atoms with Gasteiger partial charge in [0.1, 0.15) is 0 Å². The van der Waals surface area contributed by atoms with Gasteiger partial charge in [-0.3, -0.25) is 9.69 Å². The van der Waals surface area contributed by atoms with Gasteiger partial charge in [0.05, 0.1) is 23.3 Å². The van der Waals surface area contributed by atoms with Crippen molar-refractivity contribution < 1.29 is 4.79 Å². The van der Waals surface area contributed by atoms with Gasteiger partial charge in [-0.1, -0.05) is 25.7 Å². The molecule has 0 N–H and O–H groups in total. The van der Waals surface area contributed by atoms with Crippen LogP contribution in [-0.4, -0.2) is 40.4 Å². The predicted molar refractivity (Wildman–Crippen MR) is 97.0 cm³/mol. The second kappa shape index (κ2) is 6.75. The van der Waals surface area contributed by atoms with Crippen LogP contribution in [0.4, 0.5) is 0 Å². The van der Waals surface area contributed by atoms with Gasteiger partial charge in [-0.2, -0.15) is 0 Å². The number of fused-ring (bicyclic) bond motifs is 2. The van der Waals surface area contributed by atoms with Crippen molar-refractivity contribution in [2.24, 2.45) is 5.92 Å². The lowest BCUT2D eigenvalue weighted by Crippen LogP contribution is -2.63. The first-order valence-corrected chi connectivity index (χ1v) is 10.4. The van der Waals surface area contributed by atoms with E-state index in [1.54, 1.807) is 0 Å². The zero-order chi connectivity index (χ0) is 16.7. The quantitative estimate of drug-likeness (QED) is 0.778.